The number of aryl methyl sites for hydroxylation is 1. The zero-order valence-corrected chi connectivity index (χ0v) is 18.8. The Labute approximate surface area is 187 Å². The highest BCUT2D eigenvalue weighted by Gasteiger charge is 2.48. The van der Waals surface area contributed by atoms with Gasteiger partial charge < -0.3 is 14.5 Å². The van der Waals surface area contributed by atoms with E-state index in [1.54, 1.807) is 50.3 Å². The van der Waals surface area contributed by atoms with Crippen LogP contribution >= 0.6 is 0 Å². The number of nitrogens with zero attached hydrogens (tertiary/aromatic N) is 4. The number of carbonyl (C=O) groups is 2. The molecular weight excluding hydrogens is 411 g/mol. The van der Waals surface area contributed by atoms with Crippen molar-refractivity contribution < 1.29 is 18.7 Å². The second-order valence-electron chi connectivity index (χ2n) is 8.76. The first-order chi connectivity index (χ1) is 15.3. The smallest absolute Gasteiger partial charge is 0.256 e. The van der Waals surface area contributed by atoms with Gasteiger partial charge >= 0.3 is 0 Å². The molecule has 0 radical (unpaired) electrons. The minimum atomic E-state index is -0.956. The molecule has 2 aliphatic heterocycles. The van der Waals surface area contributed by atoms with Gasteiger partial charge in [-0.1, -0.05) is 18.2 Å². The van der Waals surface area contributed by atoms with Gasteiger partial charge in [-0.05, 0) is 38.7 Å². The lowest BCUT2D eigenvalue weighted by atomic mass is 9.72. The van der Waals surface area contributed by atoms with Gasteiger partial charge in [0.1, 0.15) is 5.82 Å². The zero-order valence-electron chi connectivity index (χ0n) is 18.8. The molecule has 0 spiro atoms. The average Bonchev–Trinajstić information content (AvgIpc) is 3.28. The largest absolute Gasteiger partial charge is 0.381 e. The van der Waals surface area contributed by atoms with Crippen molar-refractivity contribution in [2.24, 2.45) is 0 Å². The summed E-state index contributed by atoms with van der Waals surface area (Å²) < 4.78 is 20.4. The summed E-state index contributed by atoms with van der Waals surface area (Å²) in [7, 11) is 3.37. The van der Waals surface area contributed by atoms with Crippen molar-refractivity contribution >= 4 is 11.8 Å². The molecule has 2 amide bonds. The van der Waals surface area contributed by atoms with Crippen LogP contribution in [0.1, 0.15) is 59.2 Å². The third-order valence-corrected chi connectivity index (χ3v) is 6.59. The second-order valence-corrected chi connectivity index (χ2v) is 8.76. The molecule has 7 nitrogen and oxygen atoms in total. The lowest BCUT2D eigenvalue weighted by Gasteiger charge is -2.40. The van der Waals surface area contributed by atoms with E-state index >= 15 is 0 Å². The number of halogens is 1. The molecule has 0 aliphatic carbocycles. The van der Waals surface area contributed by atoms with Crippen molar-refractivity contribution in [2.75, 3.05) is 33.9 Å². The average molecular weight is 441 g/mol. The minimum Gasteiger partial charge on any atom is -0.381 e. The molecule has 0 N–H and O–H groups in total. The first-order valence-corrected chi connectivity index (χ1v) is 11.0. The van der Waals surface area contributed by atoms with Gasteiger partial charge in [0.05, 0.1) is 22.7 Å². The van der Waals surface area contributed by atoms with Crippen molar-refractivity contribution in [1.82, 2.24) is 19.8 Å². The lowest BCUT2D eigenvalue weighted by molar-refractivity contribution is -0.142. The van der Waals surface area contributed by atoms with Crippen LogP contribution in [0.25, 0.3) is 0 Å². The Morgan fingerprint density at radius 2 is 1.94 bits per heavy atom. The van der Waals surface area contributed by atoms with Gasteiger partial charge in [0.25, 0.3) is 5.91 Å². The van der Waals surface area contributed by atoms with E-state index in [4.69, 9.17) is 4.74 Å². The van der Waals surface area contributed by atoms with E-state index in [-0.39, 0.29) is 23.7 Å². The Kier molecular flexibility index (Phi) is 6.24. The van der Waals surface area contributed by atoms with Crippen LogP contribution in [0.4, 0.5) is 4.39 Å². The molecule has 0 saturated carbocycles. The molecule has 1 atom stereocenters. The van der Waals surface area contributed by atoms with Crippen LogP contribution in [0, 0.1) is 12.7 Å². The molecule has 1 aromatic heterocycles. The second kappa shape index (κ2) is 8.94. The molecule has 32 heavy (non-hydrogen) atoms. The fourth-order valence-corrected chi connectivity index (χ4v) is 4.82. The van der Waals surface area contributed by atoms with Gasteiger partial charge in [-0.15, -0.1) is 0 Å². The number of benzene rings is 1. The fourth-order valence-electron chi connectivity index (χ4n) is 4.82. The van der Waals surface area contributed by atoms with Crippen molar-refractivity contribution in [2.45, 2.75) is 44.1 Å². The van der Waals surface area contributed by atoms with Crippen LogP contribution in [0.15, 0.2) is 30.5 Å². The van der Waals surface area contributed by atoms with E-state index < -0.39 is 5.41 Å². The van der Waals surface area contributed by atoms with E-state index in [0.717, 1.165) is 12.8 Å². The minimum absolute atomic E-state index is 0.0944. The van der Waals surface area contributed by atoms with Gasteiger partial charge in [-0.2, -0.15) is 0 Å². The van der Waals surface area contributed by atoms with E-state index in [2.05, 4.69) is 9.97 Å². The summed E-state index contributed by atoms with van der Waals surface area (Å²) in [5.41, 5.74) is 0.509. The number of hydrogen-bond acceptors (Lipinski definition) is 5. The quantitative estimate of drug-likeness (QED) is 0.731. The van der Waals surface area contributed by atoms with Crippen LogP contribution in [-0.2, 0) is 14.9 Å². The highest BCUT2D eigenvalue weighted by atomic mass is 19.1. The molecule has 2 saturated heterocycles. The molecule has 1 aromatic carbocycles. The van der Waals surface area contributed by atoms with Gasteiger partial charge in [-0.3, -0.25) is 9.59 Å². The molecule has 8 heteroatoms. The number of aromatic nitrogens is 2. The third-order valence-electron chi connectivity index (χ3n) is 6.59. The Hall–Kier alpha value is -2.87. The molecule has 0 unspecified atom stereocenters. The Morgan fingerprint density at radius 3 is 2.59 bits per heavy atom. The van der Waals surface area contributed by atoms with Crippen molar-refractivity contribution in [3.8, 4) is 0 Å². The standard InChI is InChI=1S/C24H29FN4O3/c1-16-17(22(30)28(2)3)15-26-21(27-16)20-9-6-12-29(20)23(31)24(10-13-32-14-11-24)18-7-4-5-8-19(18)25/h4-5,7-8,15,20H,6,9-14H2,1-3H3/t20-/m1/s1. The summed E-state index contributed by atoms with van der Waals surface area (Å²) >= 11 is 0. The predicted octanol–water partition coefficient (Wildman–Crippen LogP) is 3.04. The molecule has 2 aliphatic rings. The van der Waals surface area contributed by atoms with Crippen molar-refractivity contribution in [3.63, 3.8) is 0 Å². The molecule has 2 aromatic rings. The molecule has 3 heterocycles. The maximum Gasteiger partial charge on any atom is 0.256 e. The van der Waals surface area contributed by atoms with E-state index in [0.29, 0.717) is 55.2 Å². The van der Waals surface area contributed by atoms with Crippen LogP contribution in [0.2, 0.25) is 0 Å². The molecule has 4 rings (SSSR count). The zero-order chi connectivity index (χ0) is 22.9. The van der Waals surface area contributed by atoms with Gasteiger partial charge in [0.15, 0.2) is 5.82 Å². The van der Waals surface area contributed by atoms with E-state index in [9.17, 15) is 14.0 Å². The van der Waals surface area contributed by atoms with Crippen LogP contribution < -0.4 is 0 Å². The molecule has 2 fully saturated rings. The topological polar surface area (TPSA) is 75.6 Å². The lowest BCUT2D eigenvalue weighted by Crippen LogP contribution is -2.50. The normalized spacial score (nSPS) is 20.2. The SMILES string of the molecule is Cc1nc([C@H]2CCCN2C(=O)C2(c3ccccc3F)CCOCC2)ncc1C(=O)N(C)C. The summed E-state index contributed by atoms with van der Waals surface area (Å²) in [6, 6.07) is 6.25. The summed E-state index contributed by atoms with van der Waals surface area (Å²) in [6.45, 7) is 3.18. The van der Waals surface area contributed by atoms with Gasteiger partial charge in [0, 0.05) is 45.6 Å². The molecular formula is C24H29FN4O3. The summed E-state index contributed by atoms with van der Waals surface area (Å²) in [6.07, 6.45) is 3.97. The predicted molar refractivity (Wildman–Crippen MR) is 117 cm³/mol. The van der Waals surface area contributed by atoms with Crippen LogP contribution in [-0.4, -0.2) is 65.4 Å². The fraction of sp³-hybridized carbons (Fsp3) is 0.500. The first kappa shape index (κ1) is 22.3. The summed E-state index contributed by atoms with van der Waals surface area (Å²) in [4.78, 5) is 38.7. The van der Waals surface area contributed by atoms with Crippen molar-refractivity contribution in [1.29, 1.82) is 0 Å². The highest BCUT2D eigenvalue weighted by Crippen LogP contribution is 2.42. The van der Waals surface area contributed by atoms with Crippen molar-refractivity contribution in [3.05, 3.63) is 58.9 Å². The Morgan fingerprint density at radius 1 is 1.22 bits per heavy atom. The van der Waals surface area contributed by atoms with E-state index in [1.807, 2.05) is 0 Å². The summed E-state index contributed by atoms with van der Waals surface area (Å²) in [5.74, 6) is -0.0891. The van der Waals surface area contributed by atoms with E-state index in [1.165, 1.54) is 11.0 Å². The maximum absolute atomic E-state index is 14.9. The number of carbonyl (C=O) groups excluding carboxylic acids is 2. The molecule has 170 valence electrons. The van der Waals surface area contributed by atoms with Gasteiger partial charge in [-0.25, -0.2) is 14.4 Å². The summed E-state index contributed by atoms with van der Waals surface area (Å²) in [5, 5.41) is 0. The van der Waals surface area contributed by atoms with Gasteiger partial charge in [0.2, 0.25) is 5.91 Å². The Balaban J connectivity index is 1.68. The monoisotopic (exact) mass is 440 g/mol. The first-order valence-electron chi connectivity index (χ1n) is 11.0. The number of amides is 2. The number of ether oxygens (including phenoxy) is 1. The van der Waals surface area contributed by atoms with Crippen LogP contribution in [0.3, 0.4) is 0 Å². The number of hydrogen-bond donors (Lipinski definition) is 0. The Bertz CT molecular complexity index is 1020. The highest BCUT2D eigenvalue weighted by molar-refractivity contribution is 5.94. The third kappa shape index (κ3) is 3.88. The maximum atomic E-state index is 14.9. The number of rotatable bonds is 4. The molecule has 0 bridgehead atoms. The van der Waals surface area contributed by atoms with Crippen LogP contribution in [0.5, 0.6) is 0 Å². The number of likely N-dealkylation sites (tertiary alicyclic amines) is 1.